The lowest BCUT2D eigenvalue weighted by Crippen LogP contribution is -2.48. The Morgan fingerprint density at radius 1 is 0.705 bits per heavy atom. The average Bonchev–Trinajstić information content (AvgIpc) is 3.82. The molecule has 4 aromatic rings. The number of nitrogens with one attached hydrogen (secondary N) is 2. The fourth-order valence-electron chi connectivity index (χ4n) is 6.98. The van der Waals surface area contributed by atoms with Gasteiger partial charge in [-0.15, -0.1) is 0 Å². The number of hydrogen-bond acceptors (Lipinski definition) is 13. The SMILES string of the molecule is CC(C)(O)CCC(=O)c1ccc2c(n1)N(C(=O)Nc1ccccn1)[C@H]1CCN2C1.CC(C)(O)CN.O=C(O)c1ccc2c(n1)N(C(=O)Nc1ccccn1)[C@H]1CCN2C1.S.S. The second-order valence-corrected chi connectivity index (χ2v) is 15.9. The molecule has 0 aromatic carbocycles. The molecule has 8 rings (SSSR count). The van der Waals surface area contributed by atoms with Crippen LogP contribution >= 0.6 is 27.0 Å². The van der Waals surface area contributed by atoms with Gasteiger partial charge in [-0.05, 0) is 95.5 Å². The van der Waals surface area contributed by atoms with Gasteiger partial charge in [0.05, 0.1) is 34.7 Å². The van der Waals surface area contributed by atoms with E-state index in [0.717, 1.165) is 50.4 Å². The van der Waals surface area contributed by atoms with E-state index in [1.54, 1.807) is 92.4 Å². The number of carboxylic acids is 1. The summed E-state index contributed by atoms with van der Waals surface area (Å²) >= 11 is 0. The van der Waals surface area contributed by atoms with Gasteiger partial charge in [0.25, 0.3) is 0 Å². The molecule has 4 aliphatic heterocycles. The van der Waals surface area contributed by atoms with Gasteiger partial charge < -0.3 is 30.9 Å². The summed E-state index contributed by atoms with van der Waals surface area (Å²) in [5, 5.41) is 33.4. The molecule has 0 radical (unpaired) electrons. The average molecular weight is 878 g/mol. The predicted molar refractivity (Wildman–Crippen MR) is 244 cm³/mol. The van der Waals surface area contributed by atoms with Crippen molar-refractivity contribution in [1.29, 1.82) is 0 Å². The van der Waals surface area contributed by atoms with E-state index in [0.29, 0.717) is 41.9 Å². The molecule has 2 atom stereocenters. The van der Waals surface area contributed by atoms with Crippen LogP contribution in [0, 0.1) is 0 Å². The third kappa shape index (κ3) is 12.1. The lowest BCUT2D eigenvalue weighted by molar-refractivity contribution is 0.0631. The van der Waals surface area contributed by atoms with E-state index in [9.17, 15) is 29.4 Å². The number of ketones is 1. The van der Waals surface area contributed by atoms with Crippen molar-refractivity contribution in [2.75, 3.05) is 63.0 Å². The molecule has 7 N–H and O–H groups in total. The molecule has 4 amide bonds. The van der Waals surface area contributed by atoms with Crippen LogP contribution in [0.15, 0.2) is 73.1 Å². The third-order valence-corrected chi connectivity index (χ3v) is 10.1. The first-order valence-electron chi connectivity index (χ1n) is 19.5. The maximum Gasteiger partial charge on any atom is 0.354 e. The standard InChI is InChI=1S/C21H25N5O3.C16H15N5O3.C4H11NO.2H2S/c1-21(2,29)10-8-17(27)15-6-7-16-19(23-15)26(14-9-12-25(16)13-14)20(28)24-18-5-3-4-11-22-18;22-15(23)11-4-5-12-14(18-11)21(10-6-8-20(12)9-10)16(24)19-13-3-1-2-7-17-13;1-4(2,6)3-5;;/h3-7,11,14,29H,8-10,12-13H2,1-2H3,(H,22,24,28);1-5,7,10H,6,8-9H2,(H,22,23)(H,17,19,24);6H,3,5H2,1-2H3;2*1H2/t14-;10-;;;/m00.../s1. The number of rotatable bonds is 8. The normalized spacial score (nSPS) is 16.8. The van der Waals surface area contributed by atoms with Crippen LogP contribution in [0.3, 0.4) is 0 Å². The Hall–Kier alpha value is -5.54. The van der Waals surface area contributed by atoms with Crippen molar-refractivity contribution in [2.24, 2.45) is 5.73 Å². The molecule has 328 valence electrons. The first-order chi connectivity index (χ1) is 28.0. The number of urea groups is 2. The molecule has 4 bridgehead atoms. The fraction of sp³-hybridized carbons (Fsp3) is 0.415. The molecule has 61 heavy (non-hydrogen) atoms. The predicted octanol–water partition coefficient (Wildman–Crippen LogP) is 4.59. The minimum Gasteiger partial charge on any atom is -0.477 e. The second kappa shape index (κ2) is 20.3. The third-order valence-electron chi connectivity index (χ3n) is 10.1. The Kier molecular flexibility index (Phi) is 16.1. The molecule has 8 heterocycles. The highest BCUT2D eigenvalue weighted by Gasteiger charge is 2.42. The van der Waals surface area contributed by atoms with Gasteiger partial charge in [0.15, 0.2) is 23.1 Å². The summed E-state index contributed by atoms with van der Waals surface area (Å²) in [7, 11) is 0. The number of carboxylic acid groups (broad SMARTS) is 1. The van der Waals surface area contributed by atoms with Gasteiger partial charge in [-0.2, -0.15) is 27.0 Å². The molecule has 2 fully saturated rings. The summed E-state index contributed by atoms with van der Waals surface area (Å²) in [6.45, 7) is 10.2. The van der Waals surface area contributed by atoms with Crippen molar-refractivity contribution >= 4 is 85.5 Å². The van der Waals surface area contributed by atoms with Crippen molar-refractivity contribution in [1.82, 2.24) is 19.9 Å². The van der Waals surface area contributed by atoms with Crippen molar-refractivity contribution in [3.8, 4) is 0 Å². The van der Waals surface area contributed by atoms with E-state index in [4.69, 9.17) is 10.8 Å². The topological polar surface area (TPSA) is 244 Å². The van der Waals surface area contributed by atoms with Crippen LogP contribution in [0.5, 0.6) is 0 Å². The van der Waals surface area contributed by atoms with Gasteiger partial charge in [-0.25, -0.2) is 34.3 Å². The van der Waals surface area contributed by atoms with Crippen molar-refractivity contribution in [3.63, 3.8) is 0 Å². The Balaban J connectivity index is 0.000000233. The van der Waals surface area contributed by atoms with Gasteiger partial charge in [-0.1, -0.05) is 12.1 Å². The number of hydrogen-bond donors (Lipinski definition) is 6. The van der Waals surface area contributed by atoms with Crippen LogP contribution in [-0.4, -0.2) is 115 Å². The maximum atomic E-state index is 13.1. The Bertz CT molecular complexity index is 2160. The van der Waals surface area contributed by atoms with E-state index in [1.165, 1.54) is 6.07 Å². The monoisotopic (exact) mass is 877 g/mol. The zero-order chi connectivity index (χ0) is 42.5. The molecular weight excluding hydrogens is 823 g/mol. The Morgan fingerprint density at radius 3 is 1.54 bits per heavy atom. The van der Waals surface area contributed by atoms with E-state index in [2.05, 4.69) is 40.4 Å². The van der Waals surface area contributed by atoms with E-state index < -0.39 is 17.2 Å². The molecule has 18 nitrogen and oxygen atoms in total. The summed E-state index contributed by atoms with van der Waals surface area (Å²) in [4.78, 5) is 74.2. The lowest BCUT2D eigenvalue weighted by Gasteiger charge is -2.35. The lowest BCUT2D eigenvalue weighted by atomic mass is 10.00. The van der Waals surface area contributed by atoms with Crippen LogP contribution in [0.2, 0.25) is 0 Å². The number of carbonyl (C=O) groups is 4. The van der Waals surface area contributed by atoms with Gasteiger partial charge >= 0.3 is 18.0 Å². The number of Topliss-reactive ketones (excluding diaryl/α,β-unsaturated/α-hetero) is 1. The van der Waals surface area contributed by atoms with Crippen LogP contribution in [0.25, 0.3) is 0 Å². The number of pyridine rings is 4. The highest BCUT2D eigenvalue weighted by Crippen LogP contribution is 2.40. The van der Waals surface area contributed by atoms with Gasteiger partial charge in [0, 0.05) is 51.5 Å². The highest BCUT2D eigenvalue weighted by atomic mass is 32.1. The molecule has 0 aliphatic carbocycles. The summed E-state index contributed by atoms with van der Waals surface area (Å²) in [5.41, 5.74) is 5.33. The first kappa shape index (κ1) is 48.1. The maximum absolute atomic E-state index is 13.1. The Morgan fingerprint density at radius 2 is 1.15 bits per heavy atom. The van der Waals surface area contributed by atoms with Gasteiger partial charge in [-0.3, -0.25) is 25.2 Å². The summed E-state index contributed by atoms with van der Waals surface area (Å²) in [5.74, 6) is 0.540. The van der Waals surface area contributed by atoms with E-state index in [-0.39, 0.29) is 69.0 Å². The smallest absolute Gasteiger partial charge is 0.354 e. The number of amides is 4. The van der Waals surface area contributed by atoms with Crippen LogP contribution in [0.4, 0.5) is 44.2 Å². The molecular formula is C41H55N11O7S2. The molecule has 4 aromatic heterocycles. The molecule has 0 unspecified atom stereocenters. The molecule has 0 saturated carbocycles. The number of nitrogens with two attached hydrogens (primary N) is 1. The zero-order valence-corrected chi connectivity index (χ0v) is 36.6. The molecule has 0 spiro atoms. The Labute approximate surface area is 368 Å². The minimum absolute atomic E-state index is 0. The second-order valence-electron chi connectivity index (χ2n) is 15.9. The molecule has 2 saturated heterocycles. The van der Waals surface area contributed by atoms with Crippen molar-refractivity contribution in [2.45, 2.75) is 76.7 Å². The van der Waals surface area contributed by atoms with Crippen LogP contribution in [-0.2, 0) is 0 Å². The zero-order valence-electron chi connectivity index (χ0n) is 34.6. The van der Waals surface area contributed by atoms with E-state index >= 15 is 0 Å². The summed E-state index contributed by atoms with van der Waals surface area (Å²) in [6.07, 6.45) is 5.42. The van der Waals surface area contributed by atoms with Crippen LogP contribution in [0.1, 0.15) is 74.4 Å². The number of anilines is 6. The first-order valence-corrected chi connectivity index (χ1v) is 19.5. The highest BCUT2D eigenvalue weighted by molar-refractivity contribution is 7.59. The quantitative estimate of drug-likeness (QED) is 0.133. The number of aromatic carboxylic acids is 1. The summed E-state index contributed by atoms with van der Waals surface area (Å²) < 4.78 is 0. The fourth-order valence-corrected chi connectivity index (χ4v) is 6.98. The van der Waals surface area contributed by atoms with Crippen molar-refractivity contribution < 1.29 is 34.5 Å². The molecule has 4 aliphatic rings. The van der Waals surface area contributed by atoms with Crippen LogP contribution < -0.4 is 36.0 Å². The number of carbonyl (C=O) groups excluding carboxylic acids is 3. The molecule has 20 heteroatoms. The largest absolute Gasteiger partial charge is 0.477 e. The number of nitrogens with zero attached hydrogens (tertiary/aromatic N) is 8. The number of aromatic nitrogens is 4. The number of fused-ring (bicyclic) bond motifs is 8. The van der Waals surface area contributed by atoms with Gasteiger partial charge in [0.1, 0.15) is 17.3 Å². The van der Waals surface area contributed by atoms with Gasteiger partial charge in [0.2, 0.25) is 0 Å². The number of aliphatic hydroxyl groups is 2. The summed E-state index contributed by atoms with van der Waals surface area (Å²) in [6, 6.07) is 16.6. The van der Waals surface area contributed by atoms with E-state index in [1.807, 2.05) is 12.1 Å². The minimum atomic E-state index is -1.11. The van der Waals surface area contributed by atoms with Crippen molar-refractivity contribution in [3.05, 3.63) is 84.4 Å².